The molecule has 0 N–H and O–H groups in total. The lowest BCUT2D eigenvalue weighted by Crippen LogP contribution is -2.31. The zero-order valence-electron chi connectivity index (χ0n) is 23.5. The Kier molecular flexibility index (Phi) is 8.64. The maximum Gasteiger partial charge on any atom is 0.358 e. The molecule has 0 radical (unpaired) electrons. The number of amides is 1. The minimum Gasteiger partial charge on any atom is -0.464 e. The van der Waals surface area contributed by atoms with E-state index in [9.17, 15) is 14.4 Å². The summed E-state index contributed by atoms with van der Waals surface area (Å²) in [6.07, 6.45) is 1.31. The molecule has 1 aliphatic rings. The van der Waals surface area contributed by atoms with Crippen LogP contribution in [0.3, 0.4) is 0 Å². The highest BCUT2D eigenvalue weighted by Gasteiger charge is 2.27. The molecule has 0 spiro atoms. The van der Waals surface area contributed by atoms with Crippen LogP contribution in [-0.2, 0) is 29.2 Å². The van der Waals surface area contributed by atoms with Gasteiger partial charge in [-0.25, -0.2) is 9.78 Å². The number of rotatable bonds is 9. The summed E-state index contributed by atoms with van der Waals surface area (Å²) in [5, 5.41) is 0.537. The first-order valence-corrected chi connectivity index (χ1v) is 18.7. The molecule has 0 aliphatic carbocycles. The normalized spacial score (nSPS) is 13.9. The number of methoxy groups -OCH3 is 1. The lowest BCUT2D eigenvalue weighted by Gasteiger charge is -2.29. The summed E-state index contributed by atoms with van der Waals surface area (Å²) in [6, 6.07) is 14.8. The summed E-state index contributed by atoms with van der Waals surface area (Å²) < 4.78 is 13.8. The number of para-hydroxylation sites is 1. The van der Waals surface area contributed by atoms with Gasteiger partial charge in [0, 0.05) is 33.3 Å². The number of hydrogen-bond acceptors (Lipinski definition) is 9. The van der Waals surface area contributed by atoms with E-state index in [1.54, 1.807) is 6.07 Å². The van der Waals surface area contributed by atoms with E-state index >= 15 is 0 Å². The SMILES string of the molecule is COC(=O)c1nc(N2CCc3cccc(C(=O)/N=c4/sc5ccccc5n4COCC[Si](C)(C)C)c3C2)sc1C=O. The predicted molar refractivity (Wildman–Crippen MR) is 164 cm³/mol. The van der Waals surface area contributed by atoms with Crippen molar-refractivity contribution in [2.24, 2.45) is 4.99 Å². The average Bonchev–Trinajstić information content (AvgIpc) is 3.55. The molecule has 0 saturated heterocycles. The van der Waals surface area contributed by atoms with Crippen LogP contribution in [0.2, 0.25) is 25.7 Å². The smallest absolute Gasteiger partial charge is 0.358 e. The number of anilines is 1. The summed E-state index contributed by atoms with van der Waals surface area (Å²) in [5.74, 6) is -0.975. The molecule has 9 nitrogen and oxygen atoms in total. The third-order valence-corrected chi connectivity index (χ3v) is 10.7. The number of benzene rings is 2. The summed E-state index contributed by atoms with van der Waals surface area (Å²) >= 11 is 2.61. The Morgan fingerprint density at radius 3 is 2.68 bits per heavy atom. The second kappa shape index (κ2) is 12.2. The first kappa shape index (κ1) is 29.1. The van der Waals surface area contributed by atoms with Gasteiger partial charge >= 0.3 is 5.97 Å². The molecular weight excluding hydrogens is 577 g/mol. The van der Waals surface area contributed by atoms with Gasteiger partial charge in [0.05, 0.1) is 17.3 Å². The van der Waals surface area contributed by atoms with Gasteiger partial charge in [-0.05, 0) is 41.8 Å². The van der Waals surface area contributed by atoms with E-state index in [-0.39, 0.29) is 16.5 Å². The van der Waals surface area contributed by atoms with Crippen LogP contribution < -0.4 is 9.70 Å². The molecule has 0 atom stereocenters. The fourth-order valence-electron chi connectivity index (χ4n) is 4.64. The average molecular weight is 609 g/mol. The number of aromatic nitrogens is 2. The standard InChI is InChI=1S/C29H32N4O5S2Si/c1-37-27(36)25-24(17-34)40-28(30-25)32-13-12-19-8-7-9-20(21(19)16-32)26(35)31-29-33(18-38-14-15-41(2,3)4)22-10-5-6-11-23(22)39-29/h5-11,17H,12-16,18H2,1-4H3/b31-29+. The van der Waals surface area contributed by atoms with Crippen LogP contribution in [-0.4, -0.2) is 56.0 Å². The van der Waals surface area contributed by atoms with Crippen molar-refractivity contribution in [3.63, 3.8) is 0 Å². The Bertz CT molecular complexity index is 1680. The summed E-state index contributed by atoms with van der Waals surface area (Å²) in [5.41, 5.74) is 3.45. The monoisotopic (exact) mass is 608 g/mol. The summed E-state index contributed by atoms with van der Waals surface area (Å²) in [7, 11) is 0.0281. The van der Waals surface area contributed by atoms with Crippen molar-refractivity contribution in [1.29, 1.82) is 0 Å². The molecule has 0 saturated carbocycles. The first-order valence-electron chi connectivity index (χ1n) is 13.3. The topological polar surface area (TPSA) is 103 Å². The molecule has 0 fully saturated rings. The van der Waals surface area contributed by atoms with E-state index in [0.717, 1.165) is 38.7 Å². The quantitative estimate of drug-likeness (QED) is 0.109. The van der Waals surface area contributed by atoms with E-state index in [1.165, 1.54) is 18.4 Å². The molecule has 0 unspecified atom stereocenters. The molecular formula is C29H32N4O5S2Si. The number of carbonyl (C=O) groups excluding carboxylic acids is 3. The van der Waals surface area contributed by atoms with Crippen LogP contribution in [0.4, 0.5) is 5.13 Å². The molecule has 41 heavy (non-hydrogen) atoms. The van der Waals surface area contributed by atoms with Crippen LogP contribution >= 0.6 is 22.7 Å². The minimum absolute atomic E-state index is 0.00837. The number of esters is 1. The molecule has 214 valence electrons. The number of thiazole rings is 2. The third-order valence-electron chi connectivity index (χ3n) is 6.90. The zero-order valence-corrected chi connectivity index (χ0v) is 26.1. The van der Waals surface area contributed by atoms with Gasteiger partial charge in [0.25, 0.3) is 5.91 Å². The van der Waals surface area contributed by atoms with Crippen LogP contribution in [0.1, 0.15) is 41.6 Å². The molecule has 12 heteroatoms. The van der Waals surface area contributed by atoms with Crippen molar-refractivity contribution in [2.45, 2.75) is 45.4 Å². The van der Waals surface area contributed by atoms with Crippen LogP contribution in [0.5, 0.6) is 0 Å². The van der Waals surface area contributed by atoms with E-state index in [0.29, 0.717) is 54.6 Å². The lowest BCUT2D eigenvalue weighted by atomic mass is 9.95. The Morgan fingerprint density at radius 2 is 1.93 bits per heavy atom. The van der Waals surface area contributed by atoms with Crippen molar-refractivity contribution in [3.05, 3.63) is 74.5 Å². The van der Waals surface area contributed by atoms with Crippen molar-refractivity contribution < 1.29 is 23.9 Å². The lowest BCUT2D eigenvalue weighted by molar-refractivity contribution is 0.0592. The molecule has 2 aromatic heterocycles. The van der Waals surface area contributed by atoms with Crippen molar-refractivity contribution >= 4 is 64.3 Å². The van der Waals surface area contributed by atoms with E-state index in [4.69, 9.17) is 9.47 Å². The first-order chi connectivity index (χ1) is 19.7. The molecule has 1 aliphatic heterocycles. The maximum atomic E-state index is 13.7. The highest BCUT2D eigenvalue weighted by atomic mass is 32.1. The predicted octanol–water partition coefficient (Wildman–Crippen LogP) is 5.37. The van der Waals surface area contributed by atoms with Gasteiger partial charge < -0.3 is 14.4 Å². The number of aldehydes is 1. The molecule has 3 heterocycles. The van der Waals surface area contributed by atoms with Gasteiger partial charge in [-0.2, -0.15) is 4.99 Å². The van der Waals surface area contributed by atoms with E-state index < -0.39 is 14.0 Å². The molecule has 4 aromatic rings. The van der Waals surface area contributed by atoms with Gasteiger partial charge in [-0.3, -0.25) is 14.2 Å². The minimum atomic E-state index is -1.23. The molecule has 5 rings (SSSR count). The maximum absolute atomic E-state index is 13.7. The number of carbonyl (C=O) groups is 3. The van der Waals surface area contributed by atoms with E-state index in [2.05, 4.69) is 29.6 Å². The number of nitrogens with zero attached hydrogens (tertiary/aromatic N) is 4. The van der Waals surface area contributed by atoms with Gasteiger partial charge in [-0.15, -0.1) is 0 Å². The van der Waals surface area contributed by atoms with Gasteiger partial charge in [-0.1, -0.05) is 66.6 Å². The molecule has 1 amide bonds. The number of fused-ring (bicyclic) bond motifs is 2. The Hall–Kier alpha value is -3.45. The summed E-state index contributed by atoms with van der Waals surface area (Å²) in [6.45, 7) is 9.00. The number of ether oxygens (including phenoxy) is 2. The Morgan fingerprint density at radius 1 is 1.12 bits per heavy atom. The van der Waals surface area contributed by atoms with Gasteiger partial charge in [0.1, 0.15) is 11.6 Å². The second-order valence-electron chi connectivity index (χ2n) is 11.0. The van der Waals surface area contributed by atoms with Crippen LogP contribution in [0, 0.1) is 0 Å². The zero-order chi connectivity index (χ0) is 29.1. The largest absolute Gasteiger partial charge is 0.464 e. The van der Waals surface area contributed by atoms with Gasteiger partial charge in [0.2, 0.25) is 0 Å². The third kappa shape index (κ3) is 6.40. The second-order valence-corrected chi connectivity index (χ2v) is 18.6. The molecule has 0 bridgehead atoms. The fraction of sp³-hybridized carbons (Fsp3) is 0.345. The highest BCUT2D eigenvalue weighted by molar-refractivity contribution is 7.17. The highest BCUT2D eigenvalue weighted by Crippen LogP contribution is 2.32. The van der Waals surface area contributed by atoms with Crippen molar-refractivity contribution in [2.75, 3.05) is 25.2 Å². The summed E-state index contributed by atoms with van der Waals surface area (Å²) in [4.78, 5) is 49.1. The number of hydrogen-bond donors (Lipinski definition) is 0. The van der Waals surface area contributed by atoms with Crippen molar-refractivity contribution in [3.8, 4) is 0 Å². The molecule has 2 aromatic carbocycles. The van der Waals surface area contributed by atoms with Crippen molar-refractivity contribution in [1.82, 2.24) is 9.55 Å². The van der Waals surface area contributed by atoms with E-state index in [1.807, 2.05) is 45.9 Å². The van der Waals surface area contributed by atoms with Crippen LogP contribution in [0.15, 0.2) is 47.5 Å². The fourth-order valence-corrected chi connectivity index (χ4v) is 7.30. The Balaban J connectivity index is 1.45. The van der Waals surface area contributed by atoms with Gasteiger partial charge in [0.15, 0.2) is 21.9 Å². The Labute approximate surface area is 247 Å². The van der Waals surface area contributed by atoms with Crippen LogP contribution in [0.25, 0.3) is 10.2 Å².